The highest BCUT2D eigenvalue weighted by Gasteiger charge is 2.15. The molecule has 0 radical (unpaired) electrons. The third kappa shape index (κ3) is 14.9. The molecule has 1 heterocycles. The summed E-state index contributed by atoms with van der Waals surface area (Å²) >= 11 is 5.60. The molecule has 0 aliphatic rings. The minimum atomic E-state index is -0.470. The standard InChI is InChI=1S/C10H8FN.C10H22N2O2.C8H7ClFNO.C2H6/c1-7-4-9-5-10(11)3-2-8(9)6-12-7;1-5-10(14)6-9(12(3)4)7-11-8(2)13;9-8-6(4-11-5-12)2-1-3-7(8)10;1-2/h2-6H,1H3;9-10,14H,5-7H2,1-4H3,(H,11,13);1-3,5H,4H2,(H,11,12);1-2H3/t;9-,10+;;/m.1../s1. The van der Waals surface area contributed by atoms with E-state index in [1.807, 2.05) is 52.8 Å². The molecule has 1 aromatic heterocycles. The van der Waals surface area contributed by atoms with Crippen molar-refractivity contribution >= 4 is 34.7 Å². The molecule has 3 rings (SSSR count). The number of aromatic nitrogens is 1. The number of aryl methyl sites for hydroxylation is 1. The van der Waals surface area contributed by atoms with Gasteiger partial charge in [0.2, 0.25) is 12.3 Å². The van der Waals surface area contributed by atoms with Crippen LogP contribution in [0.1, 0.15) is 51.8 Å². The Morgan fingerprint density at radius 1 is 1.15 bits per heavy atom. The molecule has 0 fully saturated rings. The maximum atomic E-state index is 12.8. The first-order valence-electron chi connectivity index (χ1n) is 13.2. The molecule has 3 N–H and O–H groups in total. The maximum absolute atomic E-state index is 12.8. The van der Waals surface area contributed by atoms with Gasteiger partial charge in [0.15, 0.2) is 0 Å². The van der Waals surface area contributed by atoms with Crippen molar-refractivity contribution < 1.29 is 23.5 Å². The molecule has 0 aliphatic carbocycles. The van der Waals surface area contributed by atoms with Gasteiger partial charge in [0.1, 0.15) is 11.6 Å². The van der Waals surface area contributed by atoms with Gasteiger partial charge >= 0.3 is 0 Å². The van der Waals surface area contributed by atoms with Gasteiger partial charge in [-0.25, -0.2) is 8.78 Å². The van der Waals surface area contributed by atoms with Crippen molar-refractivity contribution in [1.82, 2.24) is 20.5 Å². The van der Waals surface area contributed by atoms with Crippen molar-refractivity contribution in [3.63, 3.8) is 0 Å². The second-order valence-electron chi connectivity index (χ2n) is 8.88. The lowest BCUT2D eigenvalue weighted by molar-refractivity contribution is -0.119. The third-order valence-electron chi connectivity index (χ3n) is 5.56. The van der Waals surface area contributed by atoms with Crippen molar-refractivity contribution in [1.29, 1.82) is 0 Å². The SMILES string of the molecule is CC.CC[C@H](O)C[C@H](CNC(C)=O)N(C)C.Cc1cc2cc(F)ccc2cn1.O=CNCc1cccc(F)c1Cl. The van der Waals surface area contributed by atoms with Crippen LogP contribution in [0.15, 0.2) is 48.7 Å². The number of benzene rings is 2. The number of halogens is 3. The van der Waals surface area contributed by atoms with Gasteiger partial charge in [0.05, 0.1) is 11.1 Å². The number of rotatable bonds is 9. The van der Waals surface area contributed by atoms with Gasteiger partial charge in [-0.3, -0.25) is 14.6 Å². The fourth-order valence-corrected chi connectivity index (χ4v) is 3.47. The van der Waals surface area contributed by atoms with E-state index in [4.69, 9.17) is 11.6 Å². The number of hydrogen-bond donors (Lipinski definition) is 3. The zero-order valence-corrected chi connectivity index (χ0v) is 25.2. The number of amides is 2. The molecule has 0 spiro atoms. The van der Waals surface area contributed by atoms with E-state index in [2.05, 4.69) is 15.6 Å². The molecular formula is C30H43ClF2N4O3. The van der Waals surface area contributed by atoms with E-state index in [1.165, 1.54) is 25.1 Å². The Morgan fingerprint density at radius 2 is 1.82 bits per heavy atom. The Morgan fingerprint density at radius 3 is 2.40 bits per heavy atom. The second kappa shape index (κ2) is 20.7. The van der Waals surface area contributed by atoms with Crippen LogP contribution in [0.2, 0.25) is 5.02 Å². The predicted octanol–water partition coefficient (Wildman–Crippen LogP) is 5.65. The van der Waals surface area contributed by atoms with E-state index in [9.17, 15) is 23.5 Å². The molecule has 0 saturated carbocycles. The average molecular weight is 581 g/mol. The molecule has 222 valence electrons. The van der Waals surface area contributed by atoms with Crippen LogP contribution in [0.3, 0.4) is 0 Å². The monoisotopic (exact) mass is 580 g/mol. The van der Waals surface area contributed by atoms with E-state index in [0.717, 1.165) is 22.9 Å². The van der Waals surface area contributed by atoms with Crippen LogP contribution in [0.5, 0.6) is 0 Å². The quantitative estimate of drug-likeness (QED) is 0.284. The van der Waals surface area contributed by atoms with Crippen molar-refractivity contribution in [3.05, 3.63) is 76.6 Å². The summed E-state index contributed by atoms with van der Waals surface area (Å²) in [5.41, 5.74) is 1.48. The number of aliphatic hydroxyl groups excluding tert-OH is 1. The van der Waals surface area contributed by atoms with E-state index in [0.29, 0.717) is 24.9 Å². The lowest BCUT2D eigenvalue weighted by atomic mass is 10.1. The average Bonchev–Trinajstić information content (AvgIpc) is 2.93. The highest BCUT2D eigenvalue weighted by Crippen LogP contribution is 2.19. The first-order chi connectivity index (χ1) is 19.0. The zero-order chi connectivity index (χ0) is 30.7. The summed E-state index contributed by atoms with van der Waals surface area (Å²) in [6, 6.07) is 11.2. The number of nitrogens with zero attached hydrogens (tertiary/aromatic N) is 2. The molecule has 0 saturated heterocycles. The molecule has 0 bridgehead atoms. The van der Waals surface area contributed by atoms with Gasteiger partial charge in [-0.15, -0.1) is 0 Å². The largest absolute Gasteiger partial charge is 0.393 e. The molecule has 7 nitrogen and oxygen atoms in total. The minimum absolute atomic E-state index is 0.0251. The number of likely N-dealkylation sites (N-methyl/N-ethyl adjacent to an activating group) is 1. The van der Waals surface area contributed by atoms with E-state index in [1.54, 1.807) is 24.4 Å². The van der Waals surface area contributed by atoms with Crippen molar-refractivity contribution in [3.8, 4) is 0 Å². The molecule has 0 aliphatic heterocycles. The van der Waals surface area contributed by atoms with Crippen LogP contribution in [0.25, 0.3) is 10.8 Å². The van der Waals surface area contributed by atoms with Gasteiger partial charge in [0, 0.05) is 43.3 Å². The summed E-state index contributed by atoms with van der Waals surface area (Å²) in [5, 5.41) is 16.6. The van der Waals surface area contributed by atoms with E-state index < -0.39 is 5.82 Å². The lowest BCUT2D eigenvalue weighted by Crippen LogP contribution is -2.41. The fourth-order valence-electron chi connectivity index (χ4n) is 3.28. The molecule has 0 unspecified atom stereocenters. The summed E-state index contributed by atoms with van der Waals surface area (Å²) in [6.45, 7) is 10.2. The second-order valence-corrected chi connectivity index (χ2v) is 9.26. The van der Waals surface area contributed by atoms with Crippen molar-refractivity contribution in [2.45, 2.75) is 66.2 Å². The molecule has 40 heavy (non-hydrogen) atoms. The van der Waals surface area contributed by atoms with E-state index in [-0.39, 0.29) is 35.4 Å². The van der Waals surface area contributed by atoms with Gasteiger partial charge in [-0.2, -0.15) is 0 Å². The summed E-state index contributed by atoms with van der Waals surface area (Å²) in [5.74, 6) is -0.696. The molecule has 2 atom stereocenters. The van der Waals surface area contributed by atoms with Crippen molar-refractivity contribution in [2.75, 3.05) is 20.6 Å². The minimum Gasteiger partial charge on any atom is -0.393 e. The summed E-state index contributed by atoms with van der Waals surface area (Å²) < 4.78 is 25.5. The van der Waals surface area contributed by atoms with Crippen LogP contribution in [-0.4, -0.2) is 60.1 Å². The van der Waals surface area contributed by atoms with Crippen LogP contribution in [0, 0.1) is 18.6 Å². The molecule has 2 aromatic carbocycles. The number of fused-ring (bicyclic) bond motifs is 1. The fraction of sp³-hybridized carbons (Fsp3) is 0.433. The van der Waals surface area contributed by atoms with Gasteiger partial charge < -0.3 is 20.6 Å². The zero-order valence-electron chi connectivity index (χ0n) is 24.5. The van der Waals surface area contributed by atoms with Crippen LogP contribution >= 0.6 is 11.6 Å². The smallest absolute Gasteiger partial charge is 0.216 e. The lowest BCUT2D eigenvalue weighted by Gasteiger charge is -2.26. The van der Waals surface area contributed by atoms with Gasteiger partial charge in [-0.05, 0) is 75.1 Å². The Bertz CT molecular complexity index is 1130. The number of hydrogen-bond acceptors (Lipinski definition) is 5. The normalized spacial score (nSPS) is 11.5. The summed E-state index contributed by atoms with van der Waals surface area (Å²) in [7, 11) is 3.91. The van der Waals surface area contributed by atoms with Crippen LogP contribution in [0.4, 0.5) is 8.78 Å². The Labute approximate surface area is 241 Å². The third-order valence-corrected chi connectivity index (χ3v) is 5.98. The molecular weight excluding hydrogens is 538 g/mol. The van der Waals surface area contributed by atoms with Crippen LogP contribution < -0.4 is 10.6 Å². The number of nitrogens with one attached hydrogen (secondary N) is 2. The molecule has 3 aromatic rings. The topological polar surface area (TPSA) is 94.6 Å². The highest BCUT2D eigenvalue weighted by molar-refractivity contribution is 6.31. The first-order valence-corrected chi connectivity index (χ1v) is 13.6. The highest BCUT2D eigenvalue weighted by atomic mass is 35.5. The van der Waals surface area contributed by atoms with Crippen molar-refractivity contribution in [2.24, 2.45) is 0 Å². The van der Waals surface area contributed by atoms with Gasteiger partial charge in [0.25, 0.3) is 0 Å². The maximum Gasteiger partial charge on any atom is 0.216 e. The molecule has 2 amide bonds. The van der Waals surface area contributed by atoms with E-state index >= 15 is 0 Å². The predicted molar refractivity (Wildman–Crippen MR) is 159 cm³/mol. The number of carbonyl (C=O) groups is 2. The molecule has 10 heteroatoms. The summed E-state index contributed by atoms with van der Waals surface area (Å²) in [6.07, 6.45) is 3.47. The number of aliphatic hydroxyl groups is 1. The first kappa shape index (κ1) is 36.9. The Kier molecular flexibility index (Phi) is 19.1. The summed E-state index contributed by atoms with van der Waals surface area (Å²) in [4.78, 5) is 26.8. The van der Waals surface area contributed by atoms with Gasteiger partial charge in [-0.1, -0.05) is 44.5 Å². The number of pyridine rings is 1. The van der Waals surface area contributed by atoms with Crippen LogP contribution in [-0.2, 0) is 16.1 Å². The Balaban J connectivity index is 0.000000553. The number of carbonyl (C=O) groups excluding carboxylic acids is 2. The Hall–Kier alpha value is -3.14.